The van der Waals surface area contributed by atoms with Gasteiger partial charge in [-0.15, -0.1) is 0 Å². The number of sulfonamides is 1. The first-order chi connectivity index (χ1) is 16.6. The number of likely N-dealkylation sites (tertiary alicyclic amines) is 1. The fourth-order valence-electron chi connectivity index (χ4n) is 5.20. The second-order valence-corrected chi connectivity index (χ2v) is 11.7. The molecule has 190 valence electrons. The van der Waals surface area contributed by atoms with E-state index in [1.807, 2.05) is 32.0 Å². The van der Waals surface area contributed by atoms with Crippen molar-refractivity contribution in [3.05, 3.63) is 40.7 Å². The number of piperidine rings is 1. The van der Waals surface area contributed by atoms with Gasteiger partial charge in [-0.25, -0.2) is 8.42 Å². The standard InChI is InChI=1S/C25H35N5O4S/c1-17-12-18(2)14-22(13-17)26-25(32)21-8-7-11-29(15-21)35(33,34)24-19(3)27-30(20(24)4)16-23(31)28-9-5-6-10-28/h12-14,21H,5-11,15-16H2,1-4H3,(H,26,32)/t21-/m0/s1. The number of carbonyl (C=O) groups excluding carboxylic acids is 2. The van der Waals surface area contributed by atoms with Gasteiger partial charge >= 0.3 is 0 Å². The number of nitrogens with one attached hydrogen (secondary N) is 1. The van der Waals surface area contributed by atoms with Crippen molar-refractivity contribution in [3.8, 4) is 0 Å². The number of rotatable bonds is 6. The summed E-state index contributed by atoms with van der Waals surface area (Å²) in [6, 6.07) is 5.85. The number of carbonyl (C=O) groups is 2. The molecule has 35 heavy (non-hydrogen) atoms. The Labute approximate surface area is 207 Å². The topological polar surface area (TPSA) is 105 Å². The fourth-order valence-corrected chi connectivity index (χ4v) is 7.09. The number of nitrogens with zero attached hydrogens (tertiary/aromatic N) is 4. The van der Waals surface area contributed by atoms with Crippen LogP contribution < -0.4 is 5.32 Å². The molecule has 0 radical (unpaired) electrons. The lowest BCUT2D eigenvalue weighted by Crippen LogP contribution is -2.44. The van der Waals surface area contributed by atoms with Crippen LogP contribution in [0.3, 0.4) is 0 Å². The first-order valence-corrected chi connectivity index (χ1v) is 13.7. The van der Waals surface area contributed by atoms with E-state index >= 15 is 0 Å². The first-order valence-electron chi connectivity index (χ1n) is 12.3. The normalized spacial score (nSPS) is 19.2. The minimum atomic E-state index is -3.86. The van der Waals surface area contributed by atoms with Gasteiger partial charge in [-0.2, -0.15) is 9.40 Å². The summed E-state index contributed by atoms with van der Waals surface area (Å²) in [4.78, 5) is 27.5. The zero-order valence-electron chi connectivity index (χ0n) is 21.0. The van der Waals surface area contributed by atoms with Gasteiger partial charge in [0, 0.05) is 31.9 Å². The Morgan fingerprint density at radius 3 is 2.31 bits per heavy atom. The van der Waals surface area contributed by atoms with Crippen molar-refractivity contribution >= 4 is 27.5 Å². The molecule has 1 N–H and O–H groups in total. The van der Waals surface area contributed by atoms with Crippen molar-refractivity contribution in [2.45, 2.75) is 64.8 Å². The molecule has 4 rings (SSSR count). The van der Waals surface area contributed by atoms with Crippen molar-refractivity contribution < 1.29 is 18.0 Å². The summed E-state index contributed by atoms with van der Waals surface area (Å²) in [5, 5.41) is 7.35. The largest absolute Gasteiger partial charge is 0.341 e. The Morgan fingerprint density at radius 1 is 1.00 bits per heavy atom. The molecule has 0 saturated carbocycles. The number of aromatic nitrogens is 2. The minimum absolute atomic E-state index is 0.0309. The number of benzene rings is 1. The van der Waals surface area contributed by atoms with Gasteiger partial charge in [-0.05, 0) is 76.6 Å². The molecule has 2 aliphatic rings. The Hall–Kier alpha value is -2.72. The zero-order valence-corrected chi connectivity index (χ0v) is 21.8. The number of amides is 2. The number of anilines is 1. The molecule has 10 heteroatoms. The van der Waals surface area contributed by atoms with Crippen molar-refractivity contribution in [1.29, 1.82) is 0 Å². The molecular weight excluding hydrogens is 466 g/mol. The van der Waals surface area contributed by atoms with E-state index < -0.39 is 15.9 Å². The van der Waals surface area contributed by atoms with Gasteiger partial charge in [-0.1, -0.05) is 6.07 Å². The van der Waals surface area contributed by atoms with Gasteiger partial charge in [0.2, 0.25) is 21.8 Å². The predicted octanol–water partition coefficient (Wildman–Crippen LogP) is 2.78. The van der Waals surface area contributed by atoms with Gasteiger partial charge in [0.25, 0.3) is 0 Å². The summed E-state index contributed by atoms with van der Waals surface area (Å²) in [6.45, 7) is 9.28. The van der Waals surface area contributed by atoms with E-state index in [4.69, 9.17) is 0 Å². The molecule has 2 aliphatic heterocycles. The number of hydrogen-bond acceptors (Lipinski definition) is 5. The van der Waals surface area contributed by atoms with E-state index in [0.717, 1.165) is 42.7 Å². The molecule has 2 amide bonds. The maximum absolute atomic E-state index is 13.6. The smallest absolute Gasteiger partial charge is 0.246 e. The predicted molar refractivity (Wildman–Crippen MR) is 134 cm³/mol. The van der Waals surface area contributed by atoms with Gasteiger partial charge in [0.05, 0.1) is 17.3 Å². The van der Waals surface area contributed by atoms with Crippen LogP contribution in [0.5, 0.6) is 0 Å². The monoisotopic (exact) mass is 501 g/mol. The Balaban J connectivity index is 1.49. The molecule has 1 aromatic carbocycles. The number of hydrogen-bond donors (Lipinski definition) is 1. The van der Waals surface area contributed by atoms with Crippen LogP contribution in [0.4, 0.5) is 5.69 Å². The molecule has 2 fully saturated rings. The van der Waals surface area contributed by atoms with Crippen LogP contribution in [0.25, 0.3) is 0 Å². The lowest BCUT2D eigenvalue weighted by molar-refractivity contribution is -0.131. The molecule has 0 spiro atoms. The van der Waals surface area contributed by atoms with Gasteiger partial charge in [0.15, 0.2) is 0 Å². The lowest BCUT2D eigenvalue weighted by atomic mass is 9.98. The number of aryl methyl sites for hydroxylation is 3. The first kappa shape index (κ1) is 25.4. The average molecular weight is 502 g/mol. The van der Waals surface area contributed by atoms with Crippen LogP contribution in [-0.4, -0.2) is 65.4 Å². The second-order valence-electron chi connectivity index (χ2n) is 9.81. The van der Waals surface area contributed by atoms with Crippen molar-refractivity contribution in [3.63, 3.8) is 0 Å². The highest BCUT2D eigenvalue weighted by Crippen LogP contribution is 2.29. The zero-order chi connectivity index (χ0) is 25.3. The van der Waals surface area contributed by atoms with Crippen LogP contribution in [0.15, 0.2) is 23.1 Å². The molecule has 0 aliphatic carbocycles. The van der Waals surface area contributed by atoms with E-state index in [2.05, 4.69) is 10.4 Å². The van der Waals surface area contributed by atoms with Crippen LogP contribution in [-0.2, 0) is 26.2 Å². The molecule has 1 atom stereocenters. The maximum Gasteiger partial charge on any atom is 0.246 e. The third kappa shape index (κ3) is 5.43. The van der Waals surface area contributed by atoms with Gasteiger partial charge in [0.1, 0.15) is 11.4 Å². The molecular formula is C25H35N5O4S. The molecule has 1 aromatic heterocycles. The fraction of sp³-hybridized carbons (Fsp3) is 0.560. The van der Waals surface area contributed by atoms with E-state index in [1.54, 1.807) is 18.7 Å². The molecule has 3 heterocycles. The average Bonchev–Trinajstić information content (AvgIpc) is 3.42. The molecule has 2 saturated heterocycles. The van der Waals surface area contributed by atoms with Crippen LogP contribution >= 0.6 is 0 Å². The minimum Gasteiger partial charge on any atom is -0.341 e. The van der Waals surface area contributed by atoms with Crippen molar-refractivity contribution in [2.75, 3.05) is 31.5 Å². The van der Waals surface area contributed by atoms with Crippen molar-refractivity contribution in [2.24, 2.45) is 5.92 Å². The summed E-state index contributed by atoms with van der Waals surface area (Å²) >= 11 is 0. The van der Waals surface area contributed by atoms with E-state index in [9.17, 15) is 18.0 Å². The highest BCUT2D eigenvalue weighted by molar-refractivity contribution is 7.89. The lowest BCUT2D eigenvalue weighted by Gasteiger charge is -2.31. The Kier molecular flexibility index (Phi) is 7.32. The highest BCUT2D eigenvalue weighted by Gasteiger charge is 2.36. The highest BCUT2D eigenvalue weighted by atomic mass is 32.2. The Bertz CT molecular complexity index is 1210. The van der Waals surface area contributed by atoms with E-state index in [1.165, 1.54) is 8.99 Å². The summed E-state index contributed by atoms with van der Waals surface area (Å²) in [5.41, 5.74) is 3.66. The summed E-state index contributed by atoms with van der Waals surface area (Å²) < 4.78 is 30.2. The van der Waals surface area contributed by atoms with Crippen LogP contribution in [0.2, 0.25) is 0 Å². The SMILES string of the molecule is Cc1cc(C)cc(NC(=O)[C@H]2CCCN(S(=O)(=O)c3c(C)nn(CC(=O)N4CCCC4)c3C)C2)c1. The molecule has 2 aromatic rings. The summed E-state index contributed by atoms with van der Waals surface area (Å²) in [6.07, 6.45) is 3.22. The quantitative estimate of drug-likeness (QED) is 0.655. The maximum atomic E-state index is 13.6. The van der Waals surface area contributed by atoms with Crippen LogP contribution in [0.1, 0.15) is 48.2 Å². The van der Waals surface area contributed by atoms with E-state index in [-0.39, 0.29) is 29.8 Å². The Morgan fingerprint density at radius 2 is 1.66 bits per heavy atom. The van der Waals surface area contributed by atoms with Crippen LogP contribution in [0, 0.1) is 33.6 Å². The second kappa shape index (κ2) is 10.1. The molecule has 9 nitrogen and oxygen atoms in total. The van der Waals surface area contributed by atoms with Crippen molar-refractivity contribution in [1.82, 2.24) is 19.0 Å². The van der Waals surface area contributed by atoms with E-state index in [0.29, 0.717) is 30.8 Å². The third-order valence-corrected chi connectivity index (χ3v) is 9.02. The van der Waals surface area contributed by atoms with Gasteiger partial charge in [-0.3, -0.25) is 14.3 Å². The third-order valence-electron chi connectivity index (χ3n) is 6.90. The molecule has 0 unspecified atom stereocenters. The summed E-state index contributed by atoms with van der Waals surface area (Å²) in [5.74, 6) is -0.653. The van der Waals surface area contributed by atoms with Gasteiger partial charge < -0.3 is 10.2 Å². The summed E-state index contributed by atoms with van der Waals surface area (Å²) in [7, 11) is -3.86. The molecule has 0 bridgehead atoms.